The third-order valence-corrected chi connectivity index (χ3v) is 6.60. The normalized spacial score (nSPS) is 16.8. The van der Waals surface area contributed by atoms with Crippen LogP contribution < -0.4 is 19.7 Å². The van der Waals surface area contributed by atoms with Crippen LogP contribution in [0.2, 0.25) is 0 Å². The zero-order valence-electron chi connectivity index (χ0n) is 18.7. The Morgan fingerprint density at radius 1 is 1.09 bits per heavy atom. The SMILES string of the molecule is CCOc1ccc(N2C[C@H](C(=O)Nc3ccc(S(=O)(=O)NC(C)(C)C)cc3)CC2=O)cc1. The fourth-order valence-corrected chi connectivity index (χ4v) is 4.86. The van der Waals surface area contributed by atoms with Gasteiger partial charge in [-0.1, -0.05) is 0 Å². The van der Waals surface area contributed by atoms with Gasteiger partial charge in [0.1, 0.15) is 5.75 Å². The van der Waals surface area contributed by atoms with Gasteiger partial charge in [0.15, 0.2) is 0 Å². The maximum Gasteiger partial charge on any atom is 0.241 e. The smallest absolute Gasteiger partial charge is 0.241 e. The number of sulfonamides is 1. The molecule has 8 nitrogen and oxygen atoms in total. The van der Waals surface area contributed by atoms with Crippen molar-refractivity contribution >= 4 is 33.2 Å². The molecular weight excluding hydrogens is 430 g/mol. The Bertz CT molecular complexity index is 1070. The molecule has 172 valence electrons. The average molecular weight is 460 g/mol. The number of benzene rings is 2. The van der Waals surface area contributed by atoms with Crippen molar-refractivity contribution in [2.24, 2.45) is 5.92 Å². The first kappa shape index (κ1) is 23.7. The number of ether oxygens (including phenoxy) is 1. The van der Waals surface area contributed by atoms with E-state index >= 15 is 0 Å². The Morgan fingerprint density at radius 3 is 2.28 bits per heavy atom. The van der Waals surface area contributed by atoms with Crippen LogP contribution in [0.3, 0.4) is 0 Å². The Morgan fingerprint density at radius 2 is 1.72 bits per heavy atom. The third-order valence-electron chi connectivity index (χ3n) is 4.83. The summed E-state index contributed by atoms with van der Waals surface area (Å²) in [7, 11) is -3.65. The largest absolute Gasteiger partial charge is 0.494 e. The first-order chi connectivity index (χ1) is 15.0. The second-order valence-electron chi connectivity index (χ2n) is 8.70. The Labute approximate surface area is 189 Å². The maximum atomic E-state index is 12.7. The summed E-state index contributed by atoms with van der Waals surface area (Å²) >= 11 is 0. The van der Waals surface area contributed by atoms with Crippen LogP contribution >= 0.6 is 0 Å². The van der Waals surface area contributed by atoms with Gasteiger partial charge in [0.25, 0.3) is 0 Å². The first-order valence-electron chi connectivity index (χ1n) is 10.5. The summed E-state index contributed by atoms with van der Waals surface area (Å²) in [4.78, 5) is 26.9. The molecular formula is C23H29N3O5S. The molecule has 1 fully saturated rings. The fraction of sp³-hybridized carbons (Fsp3) is 0.391. The molecule has 0 aliphatic carbocycles. The van der Waals surface area contributed by atoms with Crippen LogP contribution in [0.5, 0.6) is 5.75 Å². The molecule has 0 radical (unpaired) electrons. The van der Waals surface area contributed by atoms with Gasteiger partial charge in [-0.05, 0) is 76.2 Å². The molecule has 9 heteroatoms. The van der Waals surface area contributed by atoms with Gasteiger partial charge in [0.2, 0.25) is 21.8 Å². The molecule has 2 amide bonds. The van der Waals surface area contributed by atoms with Gasteiger partial charge in [-0.25, -0.2) is 13.1 Å². The topological polar surface area (TPSA) is 105 Å². The van der Waals surface area contributed by atoms with Gasteiger partial charge < -0.3 is 15.0 Å². The van der Waals surface area contributed by atoms with Gasteiger partial charge in [-0.3, -0.25) is 9.59 Å². The lowest BCUT2D eigenvalue weighted by Gasteiger charge is -2.20. The summed E-state index contributed by atoms with van der Waals surface area (Å²) in [5.74, 6) is -0.181. The van der Waals surface area contributed by atoms with Crippen LogP contribution in [-0.2, 0) is 19.6 Å². The molecule has 3 rings (SSSR count). The molecule has 1 aliphatic rings. The van der Waals surface area contributed by atoms with Crippen molar-refractivity contribution in [2.45, 2.75) is 44.6 Å². The second kappa shape index (κ2) is 9.30. The third kappa shape index (κ3) is 5.86. The van der Waals surface area contributed by atoms with Crippen molar-refractivity contribution in [2.75, 3.05) is 23.4 Å². The standard InChI is InChI=1S/C23H29N3O5S/c1-5-31-19-10-8-18(9-11-19)26-15-16(14-21(26)27)22(28)24-17-6-12-20(13-7-17)32(29,30)25-23(2,3)4/h6-13,16,25H,5,14-15H2,1-4H3,(H,24,28)/t16-/m1/s1. The minimum absolute atomic E-state index is 0.112. The van der Waals surface area contributed by atoms with Crippen LogP contribution in [0.1, 0.15) is 34.1 Å². The molecule has 2 aromatic rings. The van der Waals surface area contributed by atoms with E-state index in [1.54, 1.807) is 49.9 Å². The van der Waals surface area contributed by atoms with Crippen molar-refractivity contribution in [3.05, 3.63) is 48.5 Å². The number of nitrogens with zero attached hydrogens (tertiary/aromatic N) is 1. The zero-order chi connectivity index (χ0) is 23.5. The molecule has 0 aromatic heterocycles. The van der Waals surface area contributed by atoms with Crippen molar-refractivity contribution in [1.82, 2.24) is 4.72 Å². The predicted octanol–water partition coefficient (Wildman–Crippen LogP) is 3.15. The molecule has 1 atom stereocenters. The van der Waals surface area contributed by atoms with Crippen LogP contribution in [0.25, 0.3) is 0 Å². The number of anilines is 2. The van der Waals surface area contributed by atoms with Crippen LogP contribution in [0.15, 0.2) is 53.4 Å². The van der Waals surface area contributed by atoms with E-state index in [4.69, 9.17) is 4.74 Å². The van der Waals surface area contributed by atoms with Gasteiger partial charge >= 0.3 is 0 Å². The highest BCUT2D eigenvalue weighted by Gasteiger charge is 2.35. The highest BCUT2D eigenvalue weighted by Crippen LogP contribution is 2.28. The monoisotopic (exact) mass is 459 g/mol. The lowest BCUT2D eigenvalue weighted by atomic mass is 10.1. The van der Waals surface area contributed by atoms with Crippen LogP contribution in [0, 0.1) is 5.92 Å². The van der Waals surface area contributed by atoms with E-state index in [1.165, 1.54) is 24.3 Å². The lowest BCUT2D eigenvalue weighted by molar-refractivity contribution is -0.122. The second-order valence-corrected chi connectivity index (χ2v) is 10.4. The molecule has 0 saturated carbocycles. The molecule has 0 bridgehead atoms. The van der Waals surface area contributed by atoms with E-state index in [0.29, 0.717) is 12.3 Å². The molecule has 2 N–H and O–H groups in total. The number of hydrogen-bond donors (Lipinski definition) is 2. The lowest BCUT2D eigenvalue weighted by Crippen LogP contribution is -2.40. The summed E-state index contributed by atoms with van der Waals surface area (Å²) in [6.45, 7) is 8.03. The van der Waals surface area contributed by atoms with E-state index in [-0.39, 0.29) is 29.7 Å². The number of carbonyl (C=O) groups is 2. The van der Waals surface area contributed by atoms with Gasteiger partial charge in [0, 0.05) is 29.9 Å². The van der Waals surface area contributed by atoms with E-state index in [0.717, 1.165) is 11.4 Å². The van der Waals surface area contributed by atoms with E-state index < -0.39 is 21.5 Å². The number of rotatable bonds is 7. The minimum Gasteiger partial charge on any atom is -0.494 e. The van der Waals surface area contributed by atoms with E-state index in [1.807, 2.05) is 6.92 Å². The van der Waals surface area contributed by atoms with Crippen molar-refractivity contribution in [3.63, 3.8) is 0 Å². The highest BCUT2D eigenvalue weighted by atomic mass is 32.2. The molecule has 32 heavy (non-hydrogen) atoms. The van der Waals surface area contributed by atoms with Crippen LogP contribution in [0.4, 0.5) is 11.4 Å². The molecule has 1 saturated heterocycles. The van der Waals surface area contributed by atoms with Crippen molar-refractivity contribution in [3.8, 4) is 5.75 Å². The van der Waals surface area contributed by atoms with Crippen molar-refractivity contribution in [1.29, 1.82) is 0 Å². The highest BCUT2D eigenvalue weighted by molar-refractivity contribution is 7.89. The Kier molecular flexibility index (Phi) is 6.90. The van der Waals surface area contributed by atoms with E-state index in [2.05, 4.69) is 10.0 Å². The number of carbonyl (C=O) groups excluding carboxylic acids is 2. The predicted molar refractivity (Wildman–Crippen MR) is 123 cm³/mol. The summed E-state index contributed by atoms with van der Waals surface area (Å²) in [5, 5.41) is 2.78. The molecule has 1 aliphatic heterocycles. The number of nitrogens with one attached hydrogen (secondary N) is 2. The first-order valence-corrected chi connectivity index (χ1v) is 11.9. The van der Waals surface area contributed by atoms with Crippen LogP contribution in [-0.4, -0.2) is 38.9 Å². The molecule has 0 spiro atoms. The maximum absolute atomic E-state index is 12.7. The molecule has 2 aromatic carbocycles. The van der Waals surface area contributed by atoms with E-state index in [9.17, 15) is 18.0 Å². The summed E-state index contributed by atoms with van der Waals surface area (Å²) in [6.07, 6.45) is 0.112. The van der Waals surface area contributed by atoms with Gasteiger partial charge in [-0.15, -0.1) is 0 Å². The van der Waals surface area contributed by atoms with Gasteiger partial charge in [-0.2, -0.15) is 0 Å². The summed E-state index contributed by atoms with van der Waals surface area (Å²) in [6, 6.07) is 13.1. The van der Waals surface area contributed by atoms with Crippen molar-refractivity contribution < 1.29 is 22.7 Å². The number of amides is 2. The Hall–Kier alpha value is -2.91. The zero-order valence-corrected chi connectivity index (χ0v) is 19.5. The van der Waals surface area contributed by atoms with Gasteiger partial charge in [0.05, 0.1) is 17.4 Å². The molecule has 1 heterocycles. The number of hydrogen-bond acceptors (Lipinski definition) is 5. The Balaban J connectivity index is 1.63. The molecule has 0 unspecified atom stereocenters. The fourth-order valence-electron chi connectivity index (χ4n) is 3.45. The average Bonchev–Trinajstić information content (AvgIpc) is 3.09. The quantitative estimate of drug-likeness (QED) is 0.662. The summed E-state index contributed by atoms with van der Waals surface area (Å²) in [5.41, 5.74) is 0.585. The minimum atomic E-state index is -3.65. The summed E-state index contributed by atoms with van der Waals surface area (Å²) < 4.78 is 32.8.